The third-order valence-electron chi connectivity index (χ3n) is 6.34. The molecule has 37 heavy (non-hydrogen) atoms. The number of ether oxygens (including phenoxy) is 2. The number of likely N-dealkylation sites (tertiary alicyclic amines) is 1. The number of rotatable bonds is 10. The van der Waals surface area contributed by atoms with Crippen molar-refractivity contribution in [2.75, 3.05) is 26.3 Å². The lowest BCUT2D eigenvalue weighted by Gasteiger charge is -2.35. The van der Waals surface area contributed by atoms with Gasteiger partial charge in [-0.2, -0.15) is 0 Å². The van der Waals surface area contributed by atoms with Crippen LogP contribution >= 0.6 is 12.2 Å². The summed E-state index contributed by atoms with van der Waals surface area (Å²) in [6.07, 6.45) is 1.93. The van der Waals surface area contributed by atoms with Crippen molar-refractivity contribution in [2.45, 2.75) is 65.5 Å². The number of nitrogens with one attached hydrogen (secondary N) is 2. The molecule has 1 aromatic heterocycles. The summed E-state index contributed by atoms with van der Waals surface area (Å²) in [5.41, 5.74) is 3.28. The zero-order valence-electron chi connectivity index (χ0n) is 22.2. The summed E-state index contributed by atoms with van der Waals surface area (Å²) >= 11 is 5.59. The van der Waals surface area contributed by atoms with Crippen molar-refractivity contribution >= 4 is 29.2 Å². The van der Waals surface area contributed by atoms with E-state index < -0.39 is 0 Å². The van der Waals surface area contributed by atoms with E-state index in [1.165, 1.54) is 0 Å². The lowest BCUT2D eigenvalue weighted by atomic mass is 9.90. The molecule has 9 heteroatoms. The van der Waals surface area contributed by atoms with E-state index in [-0.39, 0.29) is 30.3 Å². The molecule has 1 aliphatic heterocycles. The molecule has 1 aromatic carbocycles. The van der Waals surface area contributed by atoms with Gasteiger partial charge in [0.05, 0.1) is 30.9 Å². The minimum atomic E-state index is -0.235. The van der Waals surface area contributed by atoms with E-state index >= 15 is 0 Å². The molecule has 1 unspecified atom stereocenters. The fourth-order valence-corrected chi connectivity index (χ4v) is 4.86. The zero-order chi connectivity index (χ0) is 26.8. The van der Waals surface area contributed by atoms with Crippen LogP contribution in [0.15, 0.2) is 36.4 Å². The highest BCUT2D eigenvalue weighted by Crippen LogP contribution is 2.30. The molecule has 1 saturated heterocycles. The summed E-state index contributed by atoms with van der Waals surface area (Å²) in [4.78, 5) is 31.9. The maximum absolute atomic E-state index is 13.2. The number of nitrogens with zero attached hydrogens (tertiary/aromatic N) is 2. The molecule has 2 heterocycles. The first kappa shape index (κ1) is 28.4. The van der Waals surface area contributed by atoms with E-state index in [1.807, 2.05) is 57.2 Å². The van der Waals surface area contributed by atoms with Gasteiger partial charge in [0.2, 0.25) is 0 Å². The van der Waals surface area contributed by atoms with E-state index in [0.29, 0.717) is 30.4 Å². The number of aromatic nitrogens is 1. The van der Waals surface area contributed by atoms with Gasteiger partial charge in [-0.3, -0.25) is 14.6 Å². The van der Waals surface area contributed by atoms with Crippen LogP contribution in [0.25, 0.3) is 0 Å². The Hall–Kier alpha value is -3.20. The number of hydrogen-bond acceptors (Lipinski definition) is 6. The minimum Gasteiger partial charge on any atom is -0.494 e. The van der Waals surface area contributed by atoms with Gasteiger partial charge in [-0.15, -0.1) is 0 Å². The molecule has 1 atom stereocenters. The number of amides is 1. The second kappa shape index (κ2) is 13.9. The molecule has 8 nitrogen and oxygen atoms in total. The molecule has 0 aliphatic carbocycles. The maximum Gasteiger partial charge on any atom is 0.307 e. The first-order chi connectivity index (χ1) is 17.8. The summed E-state index contributed by atoms with van der Waals surface area (Å²) in [7, 11) is 0. The van der Waals surface area contributed by atoms with Crippen LogP contribution in [0.4, 0.5) is 0 Å². The van der Waals surface area contributed by atoms with Gasteiger partial charge in [0, 0.05) is 42.9 Å². The Balaban J connectivity index is 1.60. The van der Waals surface area contributed by atoms with Crippen LogP contribution in [-0.2, 0) is 16.1 Å². The van der Waals surface area contributed by atoms with Gasteiger partial charge in [-0.05, 0) is 71.0 Å². The normalized spacial score (nSPS) is 14.5. The molecule has 0 radical (unpaired) electrons. The summed E-state index contributed by atoms with van der Waals surface area (Å²) < 4.78 is 10.7. The van der Waals surface area contributed by atoms with Gasteiger partial charge in [0.25, 0.3) is 5.91 Å². The molecule has 1 amide bonds. The Bertz CT molecular complexity index is 1090. The Kier molecular flexibility index (Phi) is 10.7. The molecule has 1 fully saturated rings. The maximum atomic E-state index is 13.2. The summed E-state index contributed by atoms with van der Waals surface area (Å²) in [6.45, 7) is 10.4. The molecule has 0 spiro atoms. The number of para-hydroxylation sites is 1. The highest BCUT2D eigenvalue weighted by molar-refractivity contribution is 7.80. The number of aryl methyl sites for hydroxylation is 1. The molecule has 0 bridgehead atoms. The van der Waals surface area contributed by atoms with Crippen molar-refractivity contribution in [3.05, 3.63) is 58.9 Å². The fourth-order valence-electron chi connectivity index (χ4n) is 4.48. The molecule has 0 saturated carbocycles. The van der Waals surface area contributed by atoms with Crippen LogP contribution < -0.4 is 15.4 Å². The third-order valence-corrected chi connectivity index (χ3v) is 6.71. The zero-order valence-corrected chi connectivity index (χ0v) is 23.0. The smallest absolute Gasteiger partial charge is 0.307 e. The third kappa shape index (κ3) is 8.15. The van der Waals surface area contributed by atoms with Crippen LogP contribution in [0.2, 0.25) is 0 Å². The van der Waals surface area contributed by atoms with Gasteiger partial charge in [-0.1, -0.05) is 18.2 Å². The van der Waals surface area contributed by atoms with Crippen LogP contribution in [0.3, 0.4) is 0 Å². The largest absolute Gasteiger partial charge is 0.494 e. The lowest BCUT2D eigenvalue weighted by molar-refractivity contribution is -0.143. The van der Waals surface area contributed by atoms with E-state index in [0.717, 1.165) is 48.6 Å². The number of carbonyl (C=O) groups excluding carboxylic acids is 2. The first-order valence-electron chi connectivity index (χ1n) is 13.0. The van der Waals surface area contributed by atoms with Crippen molar-refractivity contribution in [3.63, 3.8) is 0 Å². The fraction of sp³-hybridized carbons (Fsp3) is 0.500. The van der Waals surface area contributed by atoms with Crippen LogP contribution in [0.5, 0.6) is 5.75 Å². The van der Waals surface area contributed by atoms with Crippen molar-refractivity contribution in [1.82, 2.24) is 20.5 Å². The van der Waals surface area contributed by atoms with E-state index in [9.17, 15) is 9.59 Å². The van der Waals surface area contributed by atoms with Gasteiger partial charge >= 0.3 is 5.97 Å². The second-order valence-electron chi connectivity index (χ2n) is 9.23. The SMILES string of the molecule is CCOC(=O)CC(C)NC(=S)N1CCC(c2nc(C)ccc2C(=O)NCc2ccccc2OCC)CC1. The predicted octanol–water partition coefficient (Wildman–Crippen LogP) is 4.11. The number of thiocarbonyl (C=S) groups is 1. The Morgan fingerprint density at radius 3 is 2.57 bits per heavy atom. The van der Waals surface area contributed by atoms with Crippen molar-refractivity contribution in [1.29, 1.82) is 0 Å². The van der Waals surface area contributed by atoms with Crippen molar-refractivity contribution in [3.8, 4) is 5.75 Å². The summed E-state index contributed by atoms with van der Waals surface area (Å²) in [5, 5.41) is 6.93. The number of pyridine rings is 1. The molecule has 200 valence electrons. The summed E-state index contributed by atoms with van der Waals surface area (Å²) in [5.74, 6) is 0.566. The molecule has 3 rings (SSSR count). The minimum absolute atomic E-state index is 0.106. The topological polar surface area (TPSA) is 92.8 Å². The van der Waals surface area contributed by atoms with E-state index in [2.05, 4.69) is 15.5 Å². The van der Waals surface area contributed by atoms with E-state index in [1.54, 1.807) is 6.92 Å². The number of piperidine rings is 1. The summed E-state index contributed by atoms with van der Waals surface area (Å²) in [6, 6.07) is 11.4. The van der Waals surface area contributed by atoms with Gasteiger partial charge in [0.1, 0.15) is 5.75 Å². The number of carbonyl (C=O) groups is 2. The molecular weight excluding hydrogens is 488 g/mol. The average Bonchev–Trinajstić information content (AvgIpc) is 2.88. The second-order valence-corrected chi connectivity index (χ2v) is 9.62. The van der Waals surface area contributed by atoms with E-state index in [4.69, 9.17) is 26.7 Å². The highest BCUT2D eigenvalue weighted by Gasteiger charge is 2.27. The average molecular weight is 527 g/mol. The molecule has 1 aliphatic rings. The standard InChI is InChI=1S/C28H38N4O4S/c1-5-35-24-10-8-7-9-22(24)18-29-27(34)23-12-11-19(3)30-26(23)21-13-15-32(16-14-21)28(37)31-20(4)17-25(33)36-6-2/h7-12,20-21H,5-6,13-18H2,1-4H3,(H,29,34)(H,31,37). The predicted molar refractivity (Wildman–Crippen MR) is 148 cm³/mol. The van der Waals surface area contributed by atoms with Gasteiger partial charge < -0.3 is 25.0 Å². The van der Waals surface area contributed by atoms with Crippen molar-refractivity contribution < 1.29 is 19.1 Å². The van der Waals surface area contributed by atoms with Crippen LogP contribution in [-0.4, -0.2) is 59.2 Å². The molecule has 2 aromatic rings. The Morgan fingerprint density at radius 2 is 1.86 bits per heavy atom. The molecular formula is C28H38N4O4S. The van der Waals surface area contributed by atoms with Gasteiger partial charge in [0.15, 0.2) is 5.11 Å². The number of esters is 1. The Labute approximate surface area is 225 Å². The Morgan fingerprint density at radius 1 is 1.14 bits per heavy atom. The van der Waals surface area contributed by atoms with Crippen LogP contribution in [0, 0.1) is 6.92 Å². The number of hydrogen-bond donors (Lipinski definition) is 2. The van der Waals surface area contributed by atoms with Crippen molar-refractivity contribution in [2.24, 2.45) is 0 Å². The van der Waals surface area contributed by atoms with Crippen LogP contribution in [0.1, 0.15) is 73.3 Å². The molecule has 2 N–H and O–H groups in total. The first-order valence-corrected chi connectivity index (χ1v) is 13.4. The highest BCUT2D eigenvalue weighted by atomic mass is 32.1. The number of benzene rings is 1. The lowest BCUT2D eigenvalue weighted by Crippen LogP contribution is -2.47. The van der Waals surface area contributed by atoms with Gasteiger partial charge in [-0.25, -0.2) is 0 Å². The quantitative estimate of drug-likeness (QED) is 0.353. The monoisotopic (exact) mass is 526 g/mol.